The summed E-state index contributed by atoms with van der Waals surface area (Å²) in [6, 6.07) is 14.1. The van der Waals surface area contributed by atoms with Crippen molar-refractivity contribution in [2.75, 3.05) is 0 Å². The Morgan fingerprint density at radius 3 is 2.36 bits per heavy atom. The molecule has 3 N–H and O–H groups in total. The molecule has 0 spiro atoms. The highest BCUT2D eigenvalue weighted by Gasteiger charge is 2.22. The van der Waals surface area contributed by atoms with Gasteiger partial charge in [-0.05, 0) is 11.6 Å². The van der Waals surface area contributed by atoms with E-state index in [1.807, 2.05) is 0 Å². The number of hydrogen-bond donors (Lipinski definition) is 3. The maximum absolute atomic E-state index is 12.3. The Balaban J connectivity index is 1.84. The van der Waals surface area contributed by atoms with E-state index in [-0.39, 0.29) is 12.0 Å². The lowest BCUT2D eigenvalue weighted by atomic mass is 10.1. The number of carbonyl (C=O) groups excluding carboxylic acids is 1. The maximum atomic E-state index is 12.3. The van der Waals surface area contributed by atoms with E-state index in [1.165, 1.54) is 0 Å². The molecule has 126 valence electrons. The average molecular weight is 337 g/mol. The van der Waals surface area contributed by atoms with Crippen molar-refractivity contribution < 1.29 is 14.7 Å². The first-order chi connectivity index (χ1) is 12.1. The lowest BCUT2D eigenvalue weighted by molar-refractivity contribution is -0.142. The highest BCUT2D eigenvalue weighted by molar-refractivity contribution is 5.90. The normalized spacial score (nSPS) is 11.8. The Morgan fingerprint density at radius 1 is 1.04 bits per heavy atom. The molecule has 3 aromatic rings. The van der Waals surface area contributed by atoms with Gasteiger partial charge in [0.2, 0.25) is 5.91 Å². The SMILES string of the molecule is O=C(Cc1n[nH]c(=O)c2ccccc12)NC(C(=O)O)c1ccccc1. The van der Waals surface area contributed by atoms with Crippen LogP contribution in [0, 0.1) is 0 Å². The topological polar surface area (TPSA) is 112 Å². The quantitative estimate of drug-likeness (QED) is 0.651. The molecule has 2 aromatic carbocycles. The largest absolute Gasteiger partial charge is 0.479 e. The molecule has 3 rings (SSSR count). The third-order valence-electron chi connectivity index (χ3n) is 3.79. The molecule has 1 heterocycles. The van der Waals surface area contributed by atoms with Crippen LogP contribution in [0.4, 0.5) is 0 Å². The number of carboxylic acid groups (broad SMARTS) is 1. The van der Waals surface area contributed by atoms with Gasteiger partial charge >= 0.3 is 5.97 Å². The second-order valence-corrected chi connectivity index (χ2v) is 5.47. The summed E-state index contributed by atoms with van der Waals surface area (Å²) in [5.74, 6) is -1.65. The van der Waals surface area contributed by atoms with Crippen molar-refractivity contribution in [2.45, 2.75) is 12.5 Å². The molecular weight excluding hydrogens is 322 g/mol. The van der Waals surface area contributed by atoms with Crippen LogP contribution >= 0.6 is 0 Å². The van der Waals surface area contributed by atoms with E-state index in [4.69, 9.17) is 0 Å². The molecule has 0 aliphatic heterocycles. The predicted octanol–water partition coefficient (Wildman–Crippen LogP) is 1.41. The first-order valence-corrected chi connectivity index (χ1v) is 7.59. The molecule has 25 heavy (non-hydrogen) atoms. The van der Waals surface area contributed by atoms with Gasteiger partial charge < -0.3 is 10.4 Å². The third-order valence-corrected chi connectivity index (χ3v) is 3.79. The van der Waals surface area contributed by atoms with Crippen LogP contribution in [-0.2, 0) is 16.0 Å². The van der Waals surface area contributed by atoms with Gasteiger partial charge in [-0.15, -0.1) is 0 Å². The number of hydrogen-bond acceptors (Lipinski definition) is 4. The fourth-order valence-corrected chi connectivity index (χ4v) is 2.60. The van der Waals surface area contributed by atoms with Crippen LogP contribution < -0.4 is 10.9 Å². The second kappa shape index (κ2) is 6.96. The van der Waals surface area contributed by atoms with E-state index in [1.54, 1.807) is 54.6 Å². The van der Waals surface area contributed by atoms with Crippen LogP contribution in [0.25, 0.3) is 10.8 Å². The van der Waals surface area contributed by atoms with Crippen LogP contribution in [0.5, 0.6) is 0 Å². The summed E-state index contributed by atoms with van der Waals surface area (Å²) in [6.07, 6.45) is -0.145. The summed E-state index contributed by atoms with van der Waals surface area (Å²) >= 11 is 0. The van der Waals surface area contributed by atoms with Gasteiger partial charge in [0.25, 0.3) is 5.56 Å². The number of nitrogens with one attached hydrogen (secondary N) is 2. The number of rotatable bonds is 5. The van der Waals surface area contributed by atoms with Gasteiger partial charge in [0.05, 0.1) is 17.5 Å². The molecule has 0 aliphatic rings. The predicted molar refractivity (Wildman–Crippen MR) is 91.0 cm³/mol. The number of carboxylic acids is 1. The van der Waals surface area contributed by atoms with Crippen LogP contribution in [0.1, 0.15) is 17.3 Å². The van der Waals surface area contributed by atoms with E-state index in [9.17, 15) is 19.5 Å². The van der Waals surface area contributed by atoms with Crippen molar-refractivity contribution in [1.82, 2.24) is 15.5 Å². The van der Waals surface area contributed by atoms with E-state index in [0.29, 0.717) is 22.0 Å². The number of carbonyl (C=O) groups is 2. The minimum atomic E-state index is -1.15. The van der Waals surface area contributed by atoms with Crippen molar-refractivity contribution in [1.29, 1.82) is 0 Å². The number of aromatic amines is 1. The number of aliphatic carboxylic acids is 1. The molecule has 0 aliphatic carbocycles. The second-order valence-electron chi connectivity index (χ2n) is 5.47. The van der Waals surface area contributed by atoms with Gasteiger partial charge in [-0.2, -0.15) is 5.10 Å². The van der Waals surface area contributed by atoms with Crippen LogP contribution in [0.2, 0.25) is 0 Å². The molecule has 0 fully saturated rings. The monoisotopic (exact) mass is 337 g/mol. The maximum Gasteiger partial charge on any atom is 0.330 e. The van der Waals surface area contributed by atoms with Crippen molar-refractivity contribution in [3.63, 3.8) is 0 Å². The lowest BCUT2D eigenvalue weighted by Crippen LogP contribution is -2.35. The number of fused-ring (bicyclic) bond motifs is 1. The number of benzene rings is 2. The zero-order chi connectivity index (χ0) is 17.8. The summed E-state index contributed by atoms with van der Waals surface area (Å²) in [5.41, 5.74) is 0.514. The lowest BCUT2D eigenvalue weighted by Gasteiger charge is -2.15. The molecule has 1 amide bonds. The average Bonchev–Trinajstić information content (AvgIpc) is 2.63. The number of amides is 1. The number of aromatic nitrogens is 2. The Hall–Kier alpha value is -3.48. The smallest absolute Gasteiger partial charge is 0.330 e. The van der Waals surface area contributed by atoms with Gasteiger partial charge in [0.15, 0.2) is 6.04 Å². The molecule has 0 bridgehead atoms. The highest BCUT2D eigenvalue weighted by atomic mass is 16.4. The Labute approximate surface area is 142 Å². The molecule has 1 aromatic heterocycles. The van der Waals surface area contributed by atoms with Crippen molar-refractivity contribution in [3.8, 4) is 0 Å². The van der Waals surface area contributed by atoms with Crippen molar-refractivity contribution in [2.24, 2.45) is 0 Å². The van der Waals surface area contributed by atoms with Crippen LogP contribution in [-0.4, -0.2) is 27.2 Å². The zero-order valence-corrected chi connectivity index (χ0v) is 13.1. The zero-order valence-electron chi connectivity index (χ0n) is 13.1. The molecular formula is C18H15N3O4. The fraction of sp³-hybridized carbons (Fsp3) is 0.111. The van der Waals surface area contributed by atoms with Gasteiger partial charge in [-0.3, -0.25) is 9.59 Å². The molecule has 7 heteroatoms. The fourth-order valence-electron chi connectivity index (χ4n) is 2.60. The summed E-state index contributed by atoms with van der Waals surface area (Å²) in [5, 5.41) is 19.1. The summed E-state index contributed by atoms with van der Waals surface area (Å²) in [4.78, 5) is 35.6. The summed E-state index contributed by atoms with van der Waals surface area (Å²) in [7, 11) is 0. The van der Waals surface area contributed by atoms with E-state index >= 15 is 0 Å². The molecule has 1 unspecified atom stereocenters. The Morgan fingerprint density at radius 2 is 1.68 bits per heavy atom. The minimum absolute atomic E-state index is 0.145. The van der Waals surface area contributed by atoms with Crippen molar-refractivity contribution in [3.05, 3.63) is 76.2 Å². The third kappa shape index (κ3) is 3.55. The van der Waals surface area contributed by atoms with Crippen LogP contribution in [0.15, 0.2) is 59.4 Å². The van der Waals surface area contributed by atoms with E-state index < -0.39 is 17.9 Å². The Kier molecular flexibility index (Phi) is 4.56. The van der Waals surface area contributed by atoms with E-state index in [2.05, 4.69) is 15.5 Å². The van der Waals surface area contributed by atoms with Gasteiger partial charge in [0.1, 0.15) is 0 Å². The summed E-state index contributed by atoms with van der Waals surface area (Å²) < 4.78 is 0. The van der Waals surface area contributed by atoms with Gasteiger partial charge in [-0.1, -0.05) is 48.5 Å². The minimum Gasteiger partial charge on any atom is -0.479 e. The molecule has 0 saturated heterocycles. The van der Waals surface area contributed by atoms with Crippen LogP contribution in [0.3, 0.4) is 0 Å². The standard InChI is InChI=1S/C18H15N3O4/c22-15(19-16(18(24)25)11-6-2-1-3-7-11)10-14-12-8-4-5-9-13(12)17(23)21-20-14/h1-9,16H,10H2,(H,19,22)(H,21,23)(H,24,25). The molecule has 0 saturated carbocycles. The molecule has 1 atom stereocenters. The number of H-pyrrole nitrogens is 1. The number of nitrogens with zero attached hydrogens (tertiary/aromatic N) is 1. The van der Waals surface area contributed by atoms with Gasteiger partial charge in [-0.25, -0.2) is 9.89 Å². The van der Waals surface area contributed by atoms with Gasteiger partial charge in [0, 0.05) is 5.39 Å². The first kappa shape index (κ1) is 16.4. The van der Waals surface area contributed by atoms with Crippen molar-refractivity contribution >= 4 is 22.6 Å². The van der Waals surface area contributed by atoms with E-state index in [0.717, 1.165) is 0 Å². The Bertz CT molecular complexity index is 982. The first-order valence-electron chi connectivity index (χ1n) is 7.59. The highest BCUT2D eigenvalue weighted by Crippen LogP contribution is 2.15. The molecule has 7 nitrogen and oxygen atoms in total. The molecule has 0 radical (unpaired) electrons. The summed E-state index contributed by atoms with van der Waals surface area (Å²) in [6.45, 7) is 0.